The molecule has 0 radical (unpaired) electrons. The van der Waals surface area contributed by atoms with E-state index < -0.39 is 0 Å². The molecule has 114 valence electrons. The number of piperazine rings is 1. The lowest BCUT2D eigenvalue weighted by Gasteiger charge is -2.42. The van der Waals surface area contributed by atoms with Crippen molar-refractivity contribution in [3.05, 3.63) is 18.2 Å². The van der Waals surface area contributed by atoms with Crippen molar-refractivity contribution in [1.29, 1.82) is 0 Å². The van der Waals surface area contributed by atoms with E-state index in [0.29, 0.717) is 12.1 Å². The lowest BCUT2D eigenvalue weighted by Crippen LogP contribution is -2.58. The number of aryl methyl sites for hydroxylation is 2. The summed E-state index contributed by atoms with van der Waals surface area (Å²) in [5.41, 5.74) is 0. The van der Waals surface area contributed by atoms with Crippen molar-refractivity contribution in [1.82, 2.24) is 24.7 Å². The van der Waals surface area contributed by atoms with Gasteiger partial charge in [0.05, 0.1) is 0 Å². The summed E-state index contributed by atoms with van der Waals surface area (Å²) in [6.07, 6.45) is 6.09. The van der Waals surface area contributed by atoms with Gasteiger partial charge in [-0.1, -0.05) is 6.92 Å². The Bertz CT molecular complexity index is 403. The third-order valence-electron chi connectivity index (χ3n) is 4.43. The van der Waals surface area contributed by atoms with E-state index in [2.05, 4.69) is 52.7 Å². The van der Waals surface area contributed by atoms with Crippen molar-refractivity contribution in [2.45, 2.75) is 31.8 Å². The Morgan fingerprint density at radius 1 is 1.35 bits per heavy atom. The van der Waals surface area contributed by atoms with Gasteiger partial charge < -0.3 is 14.8 Å². The molecule has 1 N–H and O–H groups in total. The Balaban J connectivity index is 1.97. The average molecular weight is 279 g/mol. The van der Waals surface area contributed by atoms with E-state index in [1.54, 1.807) is 0 Å². The van der Waals surface area contributed by atoms with Crippen LogP contribution in [0.25, 0.3) is 0 Å². The summed E-state index contributed by atoms with van der Waals surface area (Å²) in [6, 6.07) is 1.12. The first-order chi connectivity index (χ1) is 9.61. The standard InChI is InChI=1S/C15H29N5/c1-5-16-13(6-7-15-17-8-9-20(15)4)14-12-18(2)10-11-19(14)3/h8-9,13-14,16H,5-7,10-12H2,1-4H3. The monoisotopic (exact) mass is 279 g/mol. The Labute approximate surface area is 123 Å². The minimum atomic E-state index is 0.532. The highest BCUT2D eigenvalue weighted by Crippen LogP contribution is 2.14. The first-order valence-corrected chi connectivity index (χ1v) is 7.70. The van der Waals surface area contributed by atoms with Gasteiger partial charge in [0.1, 0.15) is 5.82 Å². The van der Waals surface area contributed by atoms with Crippen LogP contribution in [0.2, 0.25) is 0 Å². The molecule has 0 amide bonds. The van der Waals surface area contributed by atoms with Crippen molar-refractivity contribution < 1.29 is 0 Å². The molecule has 2 unspecified atom stereocenters. The first-order valence-electron chi connectivity index (χ1n) is 7.70. The van der Waals surface area contributed by atoms with Crippen molar-refractivity contribution in [3.8, 4) is 0 Å². The minimum absolute atomic E-state index is 0.532. The molecule has 1 fully saturated rings. The Morgan fingerprint density at radius 2 is 2.15 bits per heavy atom. The molecule has 0 aromatic carbocycles. The van der Waals surface area contributed by atoms with Crippen LogP contribution >= 0.6 is 0 Å². The Hall–Kier alpha value is -0.910. The number of rotatable bonds is 6. The first kappa shape index (κ1) is 15.5. The SMILES string of the molecule is CCNC(CCc1nccn1C)C1CN(C)CCN1C. The smallest absolute Gasteiger partial charge is 0.108 e. The van der Waals surface area contributed by atoms with E-state index in [1.165, 1.54) is 12.4 Å². The minimum Gasteiger partial charge on any atom is -0.338 e. The second-order valence-corrected chi connectivity index (χ2v) is 5.97. The maximum Gasteiger partial charge on any atom is 0.108 e. The summed E-state index contributed by atoms with van der Waals surface area (Å²) in [5, 5.41) is 3.68. The third kappa shape index (κ3) is 3.81. The van der Waals surface area contributed by atoms with E-state index in [9.17, 15) is 0 Å². The number of nitrogens with zero attached hydrogens (tertiary/aromatic N) is 4. The molecule has 0 spiro atoms. The maximum atomic E-state index is 4.44. The van der Waals surface area contributed by atoms with Crippen LogP contribution in [0, 0.1) is 0 Å². The van der Waals surface area contributed by atoms with Gasteiger partial charge in [-0.15, -0.1) is 0 Å². The Morgan fingerprint density at radius 3 is 2.80 bits per heavy atom. The van der Waals surface area contributed by atoms with E-state index in [-0.39, 0.29) is 0 Å². The third-order valence-corrected chi connectivity index (χ3v) is 4.43. The zero-order valence-electron chi connectivity index (χ0n) is 13.3. The molecule has 1 aromatic heterocycles. The highest BCUT2D eigenvalue weighted by atomic mass is 15.3. The van der Waals surface area contributed by atoms with Gasteiger partial charge in [0.15, 0.2) is 0 Å². The summed E-state index contributed by atoms with van der Waals surface area (Å²) in [5.74, 6) is 1.18. The van der Waals surface area contributed by atoms with Crippen LogP contribution in [0.15, 0.2) is 12.4 Å². The van der Waals surface area contributed by atoms with E-state index in [1.807, 2.05) is 12.4 Å². The molecule has 2 heterocycles. The van der Waals surface area contributed by atoms with Crippen LogP contribution in [0.3, 0.4) is 0 Å². The zero-order valence-corrected chi connectivity index (χ0v) is 13.3. The van der Waals surface area contributed by atoms with Gasteiger partial charge >= 0.3 is 0 Å². The summed E-state index contributed by atoms with van der Waals surface area (Å²) < 4.78 is 2.12. The maximum absolute atomic E-state index is 4.44. The summed E-state index contributed by atoms with van der Waals surface area (Å²) >= 11 is 0. The quantitative estimate of drug-likeness (QED) is 0.826. The number of imidazole rings is 1. The normalized spacial score (nSPS) is 23.1. The molecule has 5 nitrogen and oxygen atoms in total. The largest absolute Gasteiger partial charge is 0.338 e. The molecule has 1 saturated heterocycles. The fourth-order valence-corrected chi connectivity index (χ4v) is 3.09. The number of likely N-dealkylation sites (N-methyl/N-ethyl adjacent to an activating group) is 3. The van der Waals surface area contributed by atoms with Crippen LogP contribution < -0.4 is 5.32 Å². The molecular formula is C15H29N5. The molecule has 20 heavy (non-hydrogen) atoms. The molecule has 1 aliphatic rings. The van der Waals surface area contributed by atoms with Crippen molar-refractivity contribution >= 4 is 0 Å². The highest BCUT2D eigenvalue weighted by Gasteiger charge is 2.29. The van der Waals surface area contributed by atoms with E-state index in [0.717, 1.165) is 32.5 Å². The summed E-state index contributed by atoms with van der Waals surface area (Å²) in [7, 11) is 6.55. The van der Waals surface area contributed by atoms with Gasteiger partial charge in [-0.3, -0.25) is 4.90 Å². The fraction of sp³-hybridized carbons (Fsp3) is 0.800. The topological polar surface area (TPSA) is 36.3 Å². The number of hydrogen-bond acceptors (Lipinski definition) is 4. The highest BCUT2D eigenvalue weighted by molar-refractivity contribution is 4.95. The van der Waals surface area contributed by atoms with Crippen molar-refractivity contribution in [3.63, 3.8) is 0 Å². The number of hydrogen-bond donors (Lipinski definition) is 1. The van der Waals surface area contributed by atoms with Gasteiger partial charge in [-0.2, -0.15) is 0 Å². The molecule has 2 atom stereocenters. The molecule has 0 bridgehead atoms. The molecule has 0 aliphatic carbocycles. The number of aromatic nitrogens is 2. The predicted molar refractivity (Wildman–Crippen MR) is 82.9 cm³/mol. The second-order valence-electron chi connectivity index (χ2n) is 5.97. The molecular weight excluding hydrogens is 250 g/mol. The molecule has 2 rings (SSSR count). The van der Waals surface area contributed by atoms with Crippen molar-refractivity contribution in [2.24, 2.45) is 7.05 Å². The molecule has 1 aliphatic heterocycles. The van der Waals surface area contributed by atoms with Gasteiger partial charge in [0.25, 0.3) is 0 Å². The second kappa shape index (κ2) is 7.20. The summed E-state index contributed by atoms with van der Waals surface area (Å²) in [4.78, 5) is 9.38. The van der Waals surface area contributed by atoms with Crippen LogP contribution in [0.1, 0.15) is 19.2 Å². The molecule has 1 aromatic rings. The number of nitrogens with one attached hydrogen (secondary N) is 1. The fourth-order valence-electron chi connectivity index (χ4n) is 3.09. The molecule has 5 heteroatoms. The van der Waals surface area contributed by atoms with Crippen molar-refractivity contribution in [2.75, 3.05) is 40.3 Å². The Kier molecular flexibility index (Phi) is 5.57. The van der Waals surface area contributed by atoms with Gasteiger partial charge in [0, 0.05) is 57.6 Å². The lowest BCUT2D eigenvalue weighted by molar-refractivity contribution is 0.0856. The summed E-state index contributed by atoms with van der Waals surface area (Å²) in [6.45, 7) is 6.70. The van der Waals surface area contributed by atoms with Gasteiger partial charge in [-0.25, -0.2) is 4.98 Å². The van der Waals surface area contributed by atoms with Gasteiger partial charge in [0.2, 0.25) is 0 Å². The van der Waals surface area contributed by atoms with Crippen LogP contribution in [-0.2, 0) is 13.5 Å². The van der Waals surface area contributed by atoms with Gasteiger partial charge in [-0.05, 0) is 27.1 Å². The predicted octanol–water partition coefficient (Wildman–Crippen LogP) is 0.577. The van der Waals surface area contributed by atoms with Crippen LogP contribution in [0.5, 0.6) is 0 Å². The van der Waals surface area contributed by atoms with Crippen LogP contribution in [-0.4, -0.2) is 71.7 Å². The van der Waals surface area contributed by atoms with E-state index in [4.69, 9.17) is 0 Å². The average Bonchev–Trinajstić information content (AvgIpc) is 2.83. The van der Waals surface area contributed by atoms with Crippen LogP contribution in [0.4, 0.5) is 0 Å². The molecule has 0 saturated carbocycles. The van der Waals surface area contributed by atoms with E-state index >= 15 is 0 Å². The zero-order chi connectivity index (χ0) is 14.5. The lowest BCUT2D eigenvalue weighted by atomic mass is 9.99.